The van der Waals surface area contributed by atoms with Gasteiger partial charge in [-0.25, -0.2) is 9.59 Å². The van der Waals surface area contributed by atoms with Crippen LogP contribution in [0.4, 0.5) is 0 Å². The molecule has 1 aromatic carbocycles. The standard InChI is InChI=1S/C9H8O5.C2H4/c1-13-8(10)6-2-4-7(5-3-6)9(11)14-12;1-2/h2-5,12H,1H3;1-2H2. The molecule has 0 fully saturated rings. The predicted molar refractivity (Wildman–Crippen MR) is 57.1 cm³/mol. The van der Waals surface area contributed by atoms with Crippen LogP contribution in [-0.4, -0.2) is 24.3 Å². The highest BCUT2D eigenvalue weighted by Gasteiger charge is 2.09. The van der Waals surface area contributed by atoms with E-state index in [0.29, 0.717) is 5.56 Å². The average Bonchev–Trinajstić information content (AvgIpc) is 2.39. The van der Waals surface area contributed by atoms with Gasteiger partial charge in [-0.1, -0.05) is 0 Å². The maximum atomic E-state index is 11.0. The first-order chi connectivity index (χ1) is 7.69. The van der Waals surface area contributed by atoms with E-state index in [1.807, 2.05) is 0 Å². The van der Waals surface area contributed by atoms with Gasteiger partial charge in [-0.3, -0.25) is 4.89 Å². The Morgan fingerprint density at radius 1 is 1.06 bits per heavy atom. The Morgan fingerprint density at radius 3 is 1.75 bits per heavy atom. The van der Waals surface area contributed by atoms with Crippen LogP contribution < -0.4 is 0 Å². The maximum Gasteiger partial charge on any atom is 0.372 e. The van der Waals surface area contributed by atoms with Crippen molar-refractivity contribution in [3.05, 3.63) is 48.6 Å². The Kier molecular flexibility index (Phi) is 6.23. The van der Waals surface area contributed by atoms with E-state index in [0.717, 1.165) is 0 Å². The molecule has 0 atom stereocenters. The van der Waals surface area contributed by atoms with E-state index in [9.17, 15) is 9.59 Å². The van der Waals surface area contributed by atoms with Crippen molar-refractivity contribution in [1.29, 1.82) is 0 Å². The summed E-state index contributed by atoms with van der Waals surface area (Å²) >= 11 is 0. The first-order valence-corrected chi connectivity index (χ1v) is 4.23. The highest BCUT2D eigenvalue weighted by atomic mass is 17.1. The molecule has 0 heterocycles. The number of carbonyl (C=O) groups is 2. The third-order valence-corrected chi connectivity index (χ3v) is 1.62. The average molecular weight is 224 g/mol. The van der Waals surface area contributed by atoms with Crippen LogP contribution in [-0.2, 0) is 9.62 Å². The normalized spacial score (nSPS) is 8.38. The summed E-state index contributed by atoms with van der Waals surface area (Å²) in [4.78, 5) is 25.3. The Morgan fingerprint density at radius 2 is 1.44 bits per heavy atom. The molecular weight excluding hydrogens is 212 g/mol. The van der Waals surface area contributed by atoms with E-state index in [2.05, 4.69) is 22.8 Å². The highest BCUT2D eigenvalue weighted by molar-refractivity contribution is 5.92. The van der Waals surface area contributed by atoms with Crippen LogP contribution in [0, 0.1) is 0 Å². The van der Waals surface area contributed by atoms with Gasteiger partial charge in [0.1, 0.15) is 0 Å². The zero-order chi connectivity index (χ0) is 12.6. The highest BCUT2D eigenvalue weighted by Crippen LogP contribution is 2.06. The lowest BCUT2D eigenvalue weighted by molar-refractivity contribution is -0.182. The molecule has 0 bridgehead atoms. The lowest BCUT2D eigenvalue weighted by atomic mass is 10.1. The topological polar surface area (TPSA) is 72.8 Å². The monoisotopic (exact) mass is 224 g/mol. The lowest BCUT2D eigenvalue weighted by Crippen LogP contribution is -2.04. The predicted octanol–water partition coefficient (Wildman–Crippen LogP) is 1.91. The van der Waals surface area contributed by atoms with E-state index in [1.165, 1.54) is 31.4 Å². The Labute approximate surface area is 92.8 Å². The fraction of sp³-hybridized carbons (Fsp3) is 0.0909. The summed E-state index contributed by atoms with van der Waals surface area (Å²) in [5.74, 6) is -1.37. The van der Waals surface area contributed by atoms with Gasteiger partial charge in [0.15, 0.2) is 0 Å². The third-order valence-electron chi connectivity index (χ3n) is 1.62. The van der Waals surface area contributed by atoms with E-state index in [-0.39, 0.29) is 5.56 Å². The maximum absolute atomic E-state index is 11.0. The van der Waals surface area contributed by atoms with Crippen molar-refractivity contribution in [2.24, 2.45) is 0 Å². The number of rotatable bonds is 2. The number of benzene rings is 1. The fourth-order valence-electron chi connectivity index (χ4n) is 0.913. The van der Waals surface area contributed by atoms with Crippen LogP contribution in [0.25, 0.3) is 0 Å². The van der Waals surface area contributed by atoms with Crippen molar-refractivity contribution >= 4 is 11.9 Å². The Hall–Kier alpha value is -2.14. The van der Waals surface area contributed by atoms with Gasteiger partial charge in [-0.15, -0.1) is 13.2 Å². The van der Waals surface area contributed by atoms with Gasteiger partial charge >= 0.3 is 11.9 Å². The molecule has 0 saturated carbocycles. The summed E-state index contributed by atoms with van der Waals surface area (Å²) in [5, 5.41) is 8.07. The van der Waals surface area contributed by atoms with E-state index in [1.54, 1.807) is 0 Å². The molecule has 0 aliphatic heterocycles. The van der Waals surface area contributed by atoms with Crippen LogP contribution >= 0.6 is 0 Å². The molecule has 86 valence electrons. The molecule has 5 nitrogen and oxygen atoms in total. The fourth-order valence-corrected chi connectivity index (χ4v) is 0.913. The minimum atomic E-state index is -0.874. The zero-order valence-corrected chi connectivity index (χ0v) is 8.80. The molecule has 0 aliphatic rings. The number of esters is 1. The molecule has 1 rings (SSSR count). The van der Waals surface area contributed by atoms with Crippen LogP contribution in [0.2, 0.25) is 0 Å². The van der Waals surface area contributed by atoms with Crippen LogP contribution in [0.1, 0.15) is 20.7 Å². The van der Waals surface area contributed by atoms with E-state index >= 15 is 0 Å². The first kappa shape index (κ1) is 13.9. The van der Waals surface area contributed by atoms with Crippen LogP contribution in [0.5, 0.6) is 0 Å². The van der Waals surface area contributed by atoms with Gasteiger partial charge in [0.05, 0.1) is 18.2 Å². The largest absolute Gasteiger partial charge is 0.465 e. The van der Waals surface area contributed by atoms with Crippen molar-refractivity contribution in [3.8, 4) is 0 Å². The second-order valence-corrected chi connectivity index (χ2v) is 2.45. The van der Waals surface area contributed by atoms with Crippen LogP contribution in [0.15, 0.2) is 37.4 Å². The SMILES string of the molecule is C=C.COC(=O)c1ccc(C(=O)OO)cc1. The number of carbonyl (C=O) groups excluding carboxylic acids is 2. The van der Waals surface area contributed by atoms with Crippen molar-refractivity contribution in [3.63, 3.8) is 0 Å². The van der Waals surface area contributed by atoms with Crippen molar-refractivity contribution in [2.45, 2.75) is 0 Å². The molecule has 0 unspecified atom stereocenters. The minimum absolute atomic E-state index is 0.153. The second-order valence-electron chi connectivity index (χ2n) is 2.45. The lowest BCUT2D eigenvalue weighted by Gasteiger charge is -1.99. The van der Waals surface area contributed by atoms with E-state index in [4.69, 9.17) is 5.26 Å². The molecule has 0 aliphatic carbocycles. The number of hydrogen-bond acceptors (Lipinski definition) is 5. The van der Waals surface area contributed by atoms with Gasteiger partial charge in [0.25, 0.3) is 0 Å². The van der Waals surface area contributed by atoms with Crippen molar-refractivity contribution < 1.29 is 24.5 Å². The van der Waals surface area contributed by atoms with Gasteiger partial charge in [-0.2, -0.15) is 5.26 Å². The molecule has 0 radical (unpaired) electrons. The van der Waals surface area contributed by atoms with Crippen molar-refractivity contribution in [1.82, 2.24) is 0 Å². The molecule has 0 saturated heterocycles. The number of hydrogen-bond donors (Lipinski definition) is 1. The third kappa shape index (κ3) is 3.55. The van der Waals surface area contributed by atoms with E-state index < -0.39 is 11.9 Å². The molecule has 5 heteroatoms. The first-order valence-electron chi connectivity index (χ1n) is 4.23. The summed E-state index contributed by atoms with van der Waals surface area (Å²) in [6.07, 6.45) is 0. The van der Waals surface area contributed by atoms with Gasteiger partial charge in [0.2, 0.25) is 0 Å². The molecule has 0 amide bonds. The summed E-state index contributed by atoms with van der Waals surface area (Å²) in [7, 11) is 1.26. The molecule has 16 heavy (non-hydrogen) atoms. The molecular formula is C11H12O5. The Balaban J connectivity index is 0.00000106. The quantitative estimate of drug-likeness (QED) is 0.359. The van der Waals surface area contributed by atoms with Gasteiger partial charge in [0, 0.05) is 0 Å². The Bertz CT molecular complexity index is 320. The second kappa shape index (κ2) is 7.19. The molecule has 0 aromatic heterocycles. The molecule has 1 N–H and O–H groups in total. The van der Waals surface area contributed by atoms with Crippen molar-refractivity contribution in [2.75, 3.05) is 7.11 Å². The van der Waals surface area contributed by atoms with Gasteiger partial charge < -0.3 is 4.74 Å². The zero-order valence-electron chi connectivity index (χ0n) is 8.80. The molecule has 1 aromatic rings. The minimum Gasteiger partial charge on any atom is -0.465 e. The van der Waals surface area contributed by atoms with Crippen LogP contribution in [0.3, 0.4) is 0 Å². The summed E-state index contributed by atoms with van der Waals surface area (Å²) in [6, 6.07) is 5.51. The molecule has 0 spiro atoms. The smallest absolute Gasteiger partial charge is 0.372 e. The van der Waals surface area contributed by atoms with Gasteiger partial charge in [-0.05, 0) is 24.3 Å². The summed E-state index contributed by atoms with van der Waals surface area (Å²) in [6.45, 7) is 6.00. The summed E-state index contributed by atoms with van der Waals surface area (Å²) < 4.78 is 4.46. The number of methoxy groups -OCH3 is 1. The summed E-state index contributed by atoms with van der Waals surface area (Å²) in [5.41, 5.74) is 0.474. The number of ether oxygens (including phenoxy) is 1.